The normalized spacial score (nSPS) is 10.6. The zero-order valence-electron chi connectivity index (χ0n) is 11.4. The SMILES string of the molecule is COCCNC(=O)c1cc(C)n(-c2ccc(Cl)cc2)n1. The second-order valence-corrected chi connectivity index (χ2v) is 4.74. The summed E-state index contributed by atoms with van der Waals surface area (Å²) in [6, 6.07) is 9.04. The lowest BCUT2D eigenvalue weighted by molar-refractivity contribution is 0.0931. The van der Waals surface area contributed by atoms with Gasteiger partial charge in [-0.1, -0.05) is 11.6 Å². The number of nitrogens with one attached hydrogen (secondary N) is 1. The summed E-state index contributed by atoms with van der Waals surface area (Å²) in [5.74, 6) is -0.210. The molecule has 1 aromatic heterocycles. The molecule has 20 heavy (non-hydrogen) atoms. The zero-order chi connectivity index (χ0) is 14.5. The lowest BCUT2D eigenvalue weighted by Gasteiger charge is -2.04. The van der Waals surface area contributed by atoms with E-state index in [1.165, 1.54) is 0 Å². The van der Waals surface area contributed by atoms with Crippen LogP contribution in [0.5, 0.6) is 0 Å². The summed E-state index contributed by atoms with van der Waals surface area (Å²) >= 11 is 5.86. The molecule has 0 aliphatic carbocycles. The van der Waals surface area contributed by atoms with E-state index in [0.29, 0.717) is 23.9 Å². The van der Waals surface area contributed by atoms with Crippen LogP contribution in [0.1, 0.15) is 16.2 Å². The molecular weight excluding hydrogens is 278 g/mol. The van der Waals surface area contributed by atoms with Gasteiger partial charge in [0.05, 0.1) is 12.3 Å². The van der Waals surface area contributed by atoms with E-state index in [0.717, 1.165) is 11.4 Å². The van der Waals surface area contributed by atoms with Crippen LogP contribution >= 0.6 is 11.6 Å². The van der Waals surface area contributed by atoms with Crippen molar-refractivity contribution < 1.29 is 9.53 Å². The Balaban J connectivity index is 2.17. The number of methoxy groups -OCH3 is 1. The monoisotopic (exact) mass is 293 g/mol. The quantitative estimate of drug-likeness (QED) is 0.860. The zero-order valence-corrected chi connectivity index (χ0v) is 12.1. The van der Waals surface area contributed by atoms with Crippen molar-refractivity contribution in [3.63, 3.8) is 0 Å². The Hall–Kier alpha value is -1.85. The van der Waals surface area contributed by atoms with Crippen molar-refractivity contribution in [2.24, 2.45) is 0 Å². The predicted molar refractivity (Wildman–Crippen MR) is 77.5 cm³/mol. The van der Waals surface area contributed by atoms with E-state index in [1.807, 2.05) is 19.1 Å². The van der Waals surface area contributed by atoms with Gasteiger partial charge >= 0.3 is 0 Å². The van der Waals surface area contributed by atoms with Gasteiger partial charge < -0.3 is 10.1 Å². The Morgan fingerprint density at radius 3 is 2.75 bits per heavy atom. The van der Waals surface area contributed by atoms with Crippen molar-refractivity contribution in [1.29, 1.82) is 0 Å². The Kier molecular flexibility index (Phi) is 4.76. The highest BCUT2D eigenvalue weighted by Crippen LogP contribution is 2.15. The third kappa shape index (κ3) is 3.37. The molecule has 0 atom stereocenters. The summed E-state index contributed by atoms with van der Waals surface area (Å²) in [6.07, 6.45) is 0. The summed E-state index contributed by atoms with van der Waals surface area (Å²) in [7, 11) is 1.59. The van der Waals surface area contributed by atoms with Gasteiger partial charge in [-0.3, -0.25) is 4.79 Å². The van der Waals surface area contributed by atoms with E-state index < -0.39 is 0 Å². The molecule has 1 heterocycles. The first-order valence-electron chi connectivity index (χ1n) is 6.21. The van der Waals surface area contributed by atoms with Crippen LogP contribution in [0.25, 0.3) is 5.69 Å². The van der Waals surface area contributed by atoms with Crippen molar-refractivity contribution in [2.75, 3.05) is 20.3 Å². The third-order valence-electron chi connectivity index (χ3n) is 2.78. The molecule has 0 aliphatic rings. The molecule has 5 nitrogen and oxygen atoms in total. The van der Waals surface area contributed by atoms with Crippen molar-refractivity contribution in [3.05, 3.63) is 46.7 Å². The molecule has 0 unspecified atom stereocenters. The van der Waals surface area contributed by atoms with Crippen LogP contribution in [0.15, 0.2) is 30.3 Å². The molecule has 0 aliphatic heterocycles. The first-order chi connectivity index (χ1) is 9.61. The number of aromatic nitrogens is 2. The minimum atomic E-state index is -0.210. The topological polar surface area (TPSA) is 56.1 Å². The fraction of sp³-hybridized carbons (Fsp3) is 0.286. The van der Waals surface area contributed by atoms with Gasteiger partial charge in [0.1, 0.15) is 0 Å². The molecule has 0 bridgehead atoms. The lowest BCUT2D eigenvalue weighted by atomic mass is 10.3. The number of carbonyl (C=O) groups is 1. The van der Waals surface area contributed by atoms with Crippen LogP contribution in [-0.4, -0.2) is 35.9 Å². The number of nitrogens with zero attached hydrogens (tertiary/aromatic N) is 2. The molecule has 0 spiro atoms. The Morgan fingerprint density at radius 1 is 1.40 bits per heavy atom. The van der Waals surface area contributed by atoms with Crippen LogP contribution in [0.4, 0.5) is 0 Å². The maximum atomic E-state index is 11.9. The number of rotatable bonds is 5. The van der Waals surface area contributed by atoms with Gasteiger partial charge in [0.25, 0.3) is 5.91 Å². The lowest BCUT2D eigenvalue weighted by Crippen LogP contribution is -2.27. The van der Waals surface area contributed by atoms with Gasteiger partial charge in [-0.2, -0.15) is 5.10 Å². The fourth-order valence-corrected chi connectivity index (χ4v) is 1.91. The molecule has 1 N–H and O–H groups in total. The number of ether oxygens (including phenoxy) is 1. The Morgan fingerprint density at radius 2 is 2.10 bits per heavy atom. The summed E-state index contributed by atoms with van der Waals surface area (Å²) in [5.41, 5.74) is 2.13. The molecule has 1 amide bonds. The third-order valence-corrected chi connectivity index (χ3v) is 3.03. The summed E-state index contributed by atoms with van der Waals surface area (Å²) in [6.45, 7) is 2.83. The minimum Gasteiger partial charge on any atom is -0.383 e. The van der Waals surface area contributed by atoms with Crippen molar-refractivity contribution in [3.8, 4) is 5.69 Å². The minimum absolute atomic E-state index is 0.210. The van der Waals surface area contributed by atoms with E-state index in [9.17, 15) is 4.79 Å². The molecule has 6 heteroatoms. The van der Waals surface area contributed by atoms with Gasteiger partial charge in [-0.25, -0.2) is 4.68 Å². The van der Waals surface area contributed by atoms with Gasteiger partial charge in [0, 0.05) is 24.4 Å². The largest absolute Gasteiger partial charge is 0.383 e. The molecule has 0 radical (unpaired) electrons. The van der Waals surface area contributed by atoms with Gasteiger partial charge in [0.15, 0.2) is 5.69 Å². The molecular formula is C14H16ClN3O2. The Labute approximate surface area is 122 Å². The maximum absolute atomic E-state index is 11.9. The highest BCUT2D eigenvalue weighted by Gasteiger charge is 2.12. The van der Waals surface area contributed by atoms with Crippen molar-refractivity contribution in [1.82, 2.24) is 15.1 Å². The van der Waals surface area contributed by atoms with Crippen LogP contribution in [0, 0.1) is 6.92 Å². The number of hydrogen-bond acceptors (Lipinski definition) is 3. The number of aryl methyl sites for hydroxylation is 1. The first-order valence-corrected chi connectivity index (χ1v) is 6.59. The standard InChI is InChI=1S/C14H16ClN3O2/c1-10-9-13(14(19)16-7-8-20-2)17-18(10)12-5-3-11(15)4-6-12/h3-6,9H,7-8H2,1-2H3,(H,16,19). The van der Waals surface area contributed by atoms with E-state index in [-0.39, 0.29) is 5.91 Å². The smallest absolute Gasteiger partial charge is 0.271 e. The average molecular weight is 294 g/mol. The van der Waals surface area contributed by atoms with Gasteiger partial charge in [0.2, 0.25) is 0 Å². The highest BCUT2D eigenvalue weighted by atomic mass is 35.5. The number of carbonyl (C=O) groups excluding carboxylic acids is 1. The summed E-state index contributed by atoms with van der Waals surface area (Å²) < 4.78 is 6.59. The second kappa shape index (κ2) is 6.54. The fourth-order valence-electron chi connectivity index (χ4n) is 1.79. The summed E-state index contributed by atoms with van der Waals surface area (Å²) in [4.78, 5) is 11.9. The van der Waals surface area contributed by atoms with E-state index in [4.69, 9.17) is 16.3 Å². The van der Waals surface area contributed by atoms with Crippen LogP contribution < -0.4 is 5.32 Å². The summed E-state index contributed by atoms with van der Waals surface area (Å²) in [5, 5.41) is 7.71. The molecule has 2 aromatic rings. The molecule has 106 valence electrons. The van der Waals surface area contributed by atoms with E-state index in [2.05, 4.69) is 10.4 Å². The highest BCUT2D eigenvalue weighted by molar-refractivity contribution is 6.30. The molecule has 2 rings (SSSR count). The van der Waals surface area contributed by atoms with Gasteiger partial charge in [-0.15, -0.1) is 0 Å². The number of amides is 1. The second-order valence-electron chi connectivity index (χ2n) is 4.31. The van der Waals surface area contributed by atoms with Crippen LogP contribution in [0.3, 0.4) is 0 Å². The molecule has 0 saturated carbocycles. The number of benzene rings is 1. The predicted octanol–water partition coefficient (Wildman–Crippen LogP) is 2.21. The van der Waals surface area contributed by atoms with E-state index in [1.54, 1.807) is 30.0 Å². The maximum Gasteiger partial charge on any atom is 0.271 e. The van der Waals surface area contributed by atoms with E-state index >= 15 is 0 Å². The molecule has 1 aromatic carbocycles. The van der Waals surface area contributed by atoms with Crippen LogP contribution in [0.2, 0.25) is 5.02 Å². The first kappa shape index (κ1) is 14.6. The Bertz CT molecular complexity index is 593. The molecule has 0 saturated heterocycles. The van der Waals surface area contributed by atoms with Gasteiger partial charge in [-0.05, 0) is 37.3 Å². The van der Waals surface area contributed by atoms with Crippen LogP contribution in [-0.2, 0) is 4.74 Å². The number of hydrogen-bond donors (Lipinski definition) is 1. The van der Waals surface area contributed by atoms with Crippen molar-refractivity contribution >= 4 is 17.5 Å². The molecule has 0 fully saturated rings. The average Bonchev–Trinajstić information content (AvgIpc) is 2.82. The van der Waals surface area contributed by atoms with Crippen molar-refractivity contribution in [2.45, 2.75) is 6.92 Å². The number of halogens is 1.